The first-order valence-corrected chi connectivity index (χ1v) is 9.31. The second-order valence-corrected chi connectivity index (χ2v) is 6.32. The number of nitrogens with two attached hydrogens (primary N) is 1. The number of unbranched alkanes of at least 4 members (excludes halogenated alkanes) is 14. The van der Waals surface area contributed by atoms with Gasteiger partial charge in [-0.2, -0.15) is 0 Å². The summed E-state index contributed by atoms with van der Waals surface area (Å²) in [6, 6.07) is 0. The fourth-order valence-corrected chi connectivity index (χ4v) is 2.76. The quantitative estimate of drug-likeness (QED) is 0.269. The van der Waals surface area contributed by atoms with Gasteiger partial charge in [0.2, 0.25) is 0 Å². The highest BCUT2D eigenvalue weighted by Gasteiger charge is 1.97. The molecule has 0 aromatic rings. The molecule has 0 radical (unpaired) electrons. The second-order valence-electron chi connectivity index (χ2n) is 6.32. The van der Waals surface area contributed by atoms with Crippen molar-refractivity contribution in [3.8, 4) is 0 Å². The smallest absolute Gasteiger partial charge is 0.303 e. The van der Waals surface area contributed by atoms with Crippen molar-refractivity contribution in [2.24, 2.45) is 5.90 Å². The molecular formula is C18H37NO3. The van der Waals surface area contributed by atoms with Crippen LogP contribution >= 0.6 is 0 Å². The van der Waals surface area contributed by atoms with E-state index >= 15 is 0 Å². The zero-order valence-corrected chi connectivity index (χ0v) is 14.4. The average molecular weight is 315 g/mol. The van der Waals surface area contributed by atoms with E-state index in [1.807, 2.05) is 0 Å². The van der Waals surface area contributed by atoms with E-state index in [0.717, 1.165) is 19.3 Å². The summed E-state index contributed by atoms with van der Waals surface area (Å²) in [4.78, 5) is 14.9. The van der Waals surface area contributed by atoms with Crippen LogP contribution in [0.2, 0.25) is 0 Å². The van der Waals surface area contributed by atoms with E-state index < -0.39 is 5.97 Å². The van der Waals surface area contributed by atoms with E-state index in [2.05, 4.69) is 4.84 Å². The minimum atomic E-state index is -0.662. The molecule has 0 aliphatic heterocycles. The van der Waals surface area contributed by atoms with Crippen molar-refractivity contribution in [2.75, 3.05) is 6.61 Å². The fraction of sp³-hybridized carbons (Fsp3) is 0.944. The molecule has 3 N–H and O–H groups in total. The molecular weight excluding hydrogens is 278 g/mol. The molecule has 0 spiro atoms. The van der Waals surface area contributed by atoms with Gasteiger partial charge in [0, 0.05) is 6.42 Å². The summed E-state index contributed by atoms with van der Waals surface area (Å²) in [5, 5.41) is 8.53. The lowest BCUT2D eigenvalue weighted by Gasteiger charge is -2.03. The van der Waals surface area contributed by atoms with E-state index in [4.69, 9.17) is 11.0 Å². The molecule has 0 aliphatic rings. The molecule has 0 saturated carbocycles. The molecule has 0 saturated heterocycles. The first kappa shape index (κ1) is 21.4. The normalized spacial score (nSPS) is 11.0. The number of carboxylic acid groups (broad SMARTS) is 1. The molecule has 0 unspecified atom stereocenters. The Morgan fingerprint density at radius 3 is 1.27 bits per heavy atom. The maximum absolute atomic E-state index is 10.4. The van der Waals surface area contributed by atoms with Gasteiger partial charge in [-0.3, -0.25) is 4.79 Å². The number of carbonyl (C=O) groups is 1. The number of carboxylic acids is 1. The van der Waals surface area contributed by atoms with E-state index in [0.29, 0.717) is 13.0 Å². The summed E-state index contributed by atoms with van der Waals surface area (Å²) in [5.74, 6) is 4.32. The number of hydrogen-bond acceptors (Lipinski definition) is 3. The minimum Gasteiger partial charge on any atom is -0.481 e. The number of aliphatic carboxylic acids is 1. The van der Waals surface area contributed by atoms with E-state index in [-0.39, 0.29) is 0 Å². The molecule has 132 valence electrons. The topological polar surface area (TPSA) is 72.5 Å². The summed E-state index contributed by atoms with van der Waals surface area (Å²) >= 11 is 0. The van der Waals surface area contributed by atoms with Gasteiger partial charge >= 0.3 is 5.97 Å². The van der Waals surface area contributed by atoms with E-state index in [9.17, 15) is 4.79 Å². The molecule has 0 atom stereocenters. The highest BCUT2D eigenvalue weighted by atomic mass is 16.6. The van der Waals surface area contributed by atoms with Crippen molar-refractivity contribution in [2.45, 2.75) is 103 Å². The van der Waals surface area contributed by atoms with Crippen molar-refractivity contribution in [1.29, 1.82) is 0 Å². The first-order chi connectivity index (χ1) is 10.8. The Labute approximate surface area is 136 Å². The van der Waals surface area contributed by atoms with Gasteiger partial charge in [0.1, 0.15) is 0 Å². The molecule has 0 rings (SSSR count). The Kier molecular flexibility index (Phi) is 17.9. The van der Waals surface area contributed by atoms with Crippen LogP contribution in [0.3, 0.4) is 0 Å². The standard InChI is InChI=1S/C18H37NO3/c19-22-17-15-13-11-9-7-5-3-1-2-4-6-8-10-12-14-16-18(20)21/h1-17,19H2,(H,20,21). The Balaban J connectivity index is 2.95. The third kappa shape index (κ3) is 19.4. The van der Waals surface area contributed by atoms with Crippen molar-refractivity contribution < 1.29 is 14.7 Å². The molecule has 0 fully saturated rings. The molecule has 0 aliphatic carbocycles. The molecule has 0 aromatic carbocycles. The van der Waals surface area contributed by atoms with Crippen LogP contribution in [0.15, 0.2) is 0 Å². The van der Waals surface area contributed by atoms with Gasteiger partial charge in [0.25, 0.3) is 0 Å². The second kappa shape index (κ2) is 18.4. The van der Waals surface area contributed by atoms with Gasteiger partial charge in [-0.25, -0.2) is 5.90 Å². The summed E-state index contributed by atoms with van der Waals surface area (Å²) in [6.07, 6.45) is 19.2. The largest absolute Gasteiger partial charge is 0.481 e. The Morgan fingerprint density at radius 2 is 0.955 bits per heavy atom. The fourth-order valence-electron chi connectivity index (χ4n) is 2.76. The van der Waals surface area contributed by atoms with Crippen molar-refractivity contribution in [3.63, 3.8) is 0 Å². The first-order valence-electron chi connectivity index (χ1n) is 9.31. The van der Waals surface area contributed by atoms with Gasteiger partial charge in [-0.15, -0.1) is 0 Å². The lowest BCUT2D eigenvalue weighted by Crippen LogP contribution is -2.00. The van der Waals surface area contributed by atoms with Crippen LogP contribution < -0.4 is 5.90 Å². The highest BCUT2D eigenvalue weighted by molar-refractivity contribution is 5.66. The predicted molar refractivity (Wildman–Crippen MR) is 91.6 cm³/mol. The van der Waals surface area contributed by atoms with Crippen LogP contribution in [0.25, 0.3) is 0 Å². The Bertz CT molecular complexity index is 234. The third-order valence-corrected chi connectivity index (χ3v) is 4.15. The van der Waals surface area contributed by atoms with E-state index in [1.54, 1.807) is 0 Å². The Hall–Kier alpha value is -0.610. The lowest BCUT2D eigenvalue weighted by atomic mass is 10.0. The van der Waals surface area contributed by atoms with Crippen molar-refractivity contribution in [1.82, 2.24) is 0 Å². The molecule has 0 amide bonds. The molecule has 0 aromatic heterocycles. The average Bonchev–Trinajstić information content (AvgIpc) is 2.50. The zero-order chi connectivity index (χ0) is 16.3. The van der Waals surface area contributed by atoms with Crippen LogP contribution in [0.4, 0.5) is 0 Å². The van der Waals surface area contributed by atoms with Crippen LogP contribution in [0.5, 0.6) is 0 Å². The Morgan fingerprint density at radius 1 is 0.636 bits per heavy atom. The molecule has 4 nitrogen and oxygen atoms in total. The summed E-state index contributed by atoms with van der Waals surface area (Å²) in [6.45, 7) is 0.694. The summed E-state index contributed by atoms with van der Waals surface area (Å²) in [5.41, 5.74) is 0. The maximum Gasteiger partial charge on any atom is 0.303 e. The number of hydrogen-bond donors (Lipinski definition) is 2. The monoisotopic (exact) mass is 315 g/mol. The predicted octanol–water partition coefficient (Wildman–Crippen LogP) is 5.20. The van der Waals surface area contributed by atoms with Gasteiger partial charge < -0.3 is 9.94 Å². The molecule has 22 heavy (non-hydrogen) atoms. The SMILES string of the molecule is NOCCCCCCCCCCCCCCCCCC(=O)O. The van der Waals surface area contributed by atoms with Gasteiger partial charge in [-0.05, 0) is 12.8 Å². The lowest BCUT2D eigenvalue weighted by molar-refractivity contribution is -0.137. The summed E-state index contributed by atoms with van der Waals surface area (Å²) in [7, 11) is 0. The maximum atomic E-state index is 10.4. The van der Waals surface area contributed by atoms with Crippen LogP contribution in [0.1, 0.15) is 103 Å². The van der Waals surface area contributed by atoms with Crippen LogP contribution in [0, 0.1) is 0 Å². The van der Waals surface area contributed by atoms with Crippen LogP contribution in [-0.2, 0) is 9.63 Å². The third-order valence-electron chi connectivity index (χ3n) is 4.15. The van der Waals surface area contributed by atoms with Gasteiger partial charge in [0.05, 0.1) is 6.61 Å². The molecule has 4 heteroatoms. The summed E-state index contributed by atoms with van der Waals surface area (Å²) < 4.78 is 0. The molecule has 0 bridgehead atoms. The highest BCUT2D eigenvalue weighted by Crippen LogP contribution is 2.13. The van der Waals surface area contributed by atoms with Crippen molar-refractivity contribution in [3.05, 3.63) is 0 Å². The minimum absolute atomic E-state index is 0.334. The van der Waals surface area contributed by atoms with E-state index in [1.165, 1.54) is 77.0 Å². The zero-order valence-electron chi connectivity index (χ0n) is 14.4. The van der Waals surface area contributed by atoms with Crippen LogP contribution in [-0.4, -0.2) is 17.7 Å². The number of rotatable bonds is 18. The van der Waals surface area contributed by atoms with Crippen molar-refractivity contribution >= 4 is 5.97 Å². The van der Waals surface area contributed by atoms with Gasteiger partial charge in [-0.1, -0.05) is 83.5 Å². The van der Waals surface area contributed by atoms with Gasteiger partial charge in [0.15, 0.2) is 0 Å². The molecule has 0 heterocycles.